The summed E-state index contributed by atoms with van der Waals surface area (Å²) >= 11 is 0. The largest absolute Gasteiger partial charge is 0.451 e. The summed E-state index contributed by atoms with van der Waals surface area (Å²) in [6.45, 7) is 9.20. The van der Waals surface area contributed by atoms with Crippen LogP contribution < -0.4 is 0 Å². The molecular weight excluding hydrogens is 368 g/mol. The topological polar surface area (TPSA) is 80.7 Å². The molecule has 0 aliphatic heterocycles. The van der Waals surface area contributed by atoms with Gasteiger partial charge < -0.3 is 9.84 Å². The van der Waals surface area contributed by atoms with Gasteiger partial charge in [0.2, 0.25) is 0 Å². The Bertz CT molecular complexity index is 840. The summed E-state index contributed by atoms with van der Waals surface area (Å²) in [4.78, 5) is 36.8. The number of aliphatic hydroxyl groups is 1. The lowest BCUT2D eigenvalue weighted by Gasteiger charge is -2.61. The Balaban J connectivity index is 1.80. The standard InChI is InChI=1S/C24H32O5/c1-13-10-17-18-7-9-24(14(2)25,29-15(3)26)23(18,5)12-20(28)21(17)22(4)8-6-16(27)11-19(13)22/h6,8,11,13,17-18,20-21,28H,7,9-10,12H2,1-5H3/t13-,17-,18-,20-,21+,22-,23-,24+/m0/s1. The molecule has 0 spiro atoms. The van der Waals surface area contributed by atoms with Crippen LogP contribution in [0.4, 0.5) is 0 Å². The lowest BCUT2D eigenvalue weighted by atomic mass is 9.44. The zero-order valence-corrected chi connectivity index (χ0v) is 18.0. The van der Waals surface area contributed by atoms with E-state index in [0.717, 1.165) is 18.4 Å². The Morgan fingerprint density at radius 2 is 1.93 bits per heavy atom. The molecule has 4 aliphatic carbocycles. The second kappa shape index (κ2) is 6.37. The quantitative estimate of drug-likeness (QED) is 0.719. The number of ketones is 2. The summed E-state index contributed by atoms with van der Waals surface area (Å²) in [5.41, 5.74) is -0.991. The first kappa shape index (κ1) is 20.5. The summed E-state index contributed by atoms with van der Waals surface area (Å²) in [5, 5.41) is 11.4. The molecule has 0 unspecified atom stereocenters. The highest BCUT2D eigenvalue weighted by molar-refractivity contribution is 6.01. The number of carbonyl (C=O) groups excluding carboxylic acids is 3. The second-order valence-corrected chi connectivity index (χ2v) is 10.3. The normalized spacial score (nSPS) is 48.3. The summed E-state index contributed by atoms with van der Waals surface area (Å²) in [6, 6.07) is 0. The summed E-state index contributed by atoms with van der Waals surface area (Å²) in [6.07, 6.45) is 7.36. The van der Waals surface area contributed by atoms with Gasteiger partial charge in [-0.1, -0.05) is 32.4 Å². The Labute approximate surface area is 172 Å². The van der Waals surface area contributed by atoms with E-state index < -0.39 is 23.1 Å². The van der Waals surface area contributed by atoms with Crippen LogP contribution in [0.1, 0.15) is 60.3 Å². The van der Waals surface area contributed by atoms with Crippen molar-refractivity contribution in [3.63, 3.8) is 0 Å². The Morgan fingerprint density at radius 1 is 1.24 bits per heavy atom. The van der Waals surface area contributed by atoms with Gasteiger partial charge in [0.15, 0.2) is 17.2 Å². The van der Waals surface area contributed by atoms with Crippen LogP contribution in [0, 0.1) is 34.5 Å². The Morgan fingerprint density at radius 3 is 2.55 bits per heavy atom. The highest BCUT2D eigenvalue weighted by atomic mass is 16.6. The zero-order valence-electron chi connectivity index (χ0n) is 18.0. The second-order valence-electron chi connectivity index (χ2n) is 10.3. The third-order valence-corrected chi connectivity index (χ3v) is 8.82. The van der Waals surface area contributed by atoms with Crippen molar-refractivity contribution < 1.29 is 24.2 Å². The fourth-order valence-corrected chi connectivity index (χ4v) is 7.80. The number of esters is 1. The van der Waals surface area contributed by atoms with E-state index >= 15 is 0 Å². The van der Waals surface area contributed by atoms with Crippen LogP contribution in [0.3, 0.4) is 0 Å². The van der Waals surface area contributed by atoms with Crippen LogP contribution in [0.25, 0.3) is 0 Å². The molecule has 5 nitrogen and oxygen atoms in total. The molecule has 0 heterocycles. The van der Waals surface area contributed by atoms with E-state index in [9.17, 15) is 19.5 Å². The number of carbonyl (C=O) groups is 3. The summed E-state index contributed by atoms with van der Waals surface area (Å²) in [7, 11) is 0. The van der Waals surface area contributed by atoms with Crippen molar-refractivity contribution >= 4 is 17.5 Å². The van der Waals surface area contributed by atoms with Gasteiger partial charge in [-0.2, -0.15) is 0 Å². The van der Waals surface area contributed by atoms with Gasteiger partial charge in [0.1, 0.15) is 0 Å². The number of hydrogen-bond acceptors (Lipinski definition) is 5. The van der Waals surface area contributed by atoms with Crippen molar-refractivity contribution in [2.24, 2.45) is 34.5 Å². The maximum Gasteiger partial charge on any atom is 0.303 e. The van der Waals surface area contributed by atoms with E-state index in [4.69, 9.17) is 4.74 Å². The molecule has 0 amide bonds. The Hall–Kier alpha value is -1.75. The van der Waals surface area contributed by atoms with Crippen LogP contribution in [0.2, 0.25) is 0 Å². The van der Waals surface area contributed by atoms with E-state index in [-0.39, 0.29) is 40.7 Å². The maximum atomic E-state index is 12.8. The third-order valence-electron chi connectivity index (χ3n) is 8.82. The van der Waals surface area contributed by atoms with Crippen molar-refractivity contribution in [1.29, 1.82) is 0 Å². The van der Waals surface area contributed by atoms with Gasteiger partial charge in [-0.15, -0.1) is 0 Å². The van der Waals surface area contributed by atoms with E-state index in [1.165, 1.54) is 13.8 Å². The van der Waals surface area contributed by atoms with E-state index in [0.29, 0.717) is 12.8 Å². The van der Waals surface area contributed by atoms with Crippen LogP contribution >= 0.6 is 0 Å². The molecular formula is C24H32O5. The molecule has 4 aliphatic rings. The third kappa shape index (κ3) is 2.59. The summed E-state index contributed by atoms with van der Waals surface area (Å²) in [5.74, 6) is 0.0627. The van der Waals surface area contributed by atoms with Gasteiger partial charge in [0, 0.05) is 23.7 Å². The van der Waals surface area contributed by atoms with Crippen molar-refractivity contribution in [2.45, 2.75) is 72.0 Å². The fraction of sp³-hybridized carbons (Fsp3) is 0.708. The lowest BCUT2D eigenvalue weighted by Crippen LogP contribution is -2.62. The van der Waals surface area contributed by atoms with Crippen molar-refractivity contribution in [1.82, 2.24) is 0 Å². The number of hydrogen-bond donors (Lipinski definition) is 1. The molecule has 0 aromatic carbocycles. The molecule has 158 valence electrons. The average molecular weight is 401 g/mol. The van der Waals surface area contributed by atoms with Gasteiger partial charge >= 0.3 is 5.97 Å². The van der Waals surface area contributed by atoms with Crippen LogP contribution in [0.5, 0.6) is 0 Å². The van der Waals surface area contributed by atoms with Gasteiger partial charge in [-0.25, -0.2) is 0 Å². The first-order valence-corrected chi connectivity index (χ1v) is 10.8. The van der Waals surface area contributed by atoms with Crippen LogP contribution in [0.15, 0.2) is 23.8 Å². The summed E-state index contributed by atoms with van der Waals surface area (Å²) < 4.78 is 5.76. The van der Waals surface area contributed by atoms with Gasteiger partial charge in [-0.3, -0.25) is 14.4 Å². The van der Waals surface area contributed by atoms with Crippen LogP contribution in [-0.2, 0) is 19.1 Å². The van der Waals surface area contributed by atoms with E-state index in [1.807, 2.05) is 13.0 Å². The molecule has 3 fully saturated rings. The molecule has 0 aromatic rings. The molecule has 1 N–H and O–H groups in total. The van der Waals surface area contributed by atoms with Crippen LogP contribution in [-0.4, -0.2) is 34.3 Å². The van der Waals surface area contributed by atoms with E-state index in [2.05, 4.69) is 13.8 Å². The first-order chi connectivity index (χ1) is 13.5. The highest BCUT2D eigenvalue weighted by Crippen LogP contribution is 2.68. The zero-order chi connectivity index (χ0) is 21.4. The molecule has 0 saturated heterocycles. The number of allylic oxidation sites excluding steroid dienone is 4. The molecule has 3 saturated carbocycles. The lowest BCUT2D eigenvalue weighted by molar-refractivity contribution is -0.197. The number of fused-ring (bicyclic) bond motifs is 5. The van der Waals surface area contributed by atoms with Gasteiger partial charge in [0.25, 0.3) is 0 Å². The Kier molecular flexibility index (Phi) is 4.51. The molecule has 5 heteroatoms. The maximum absolute atomic E-state index is 12.8. The minimum Gasteiger partial charge on any atom is -0.451 e. The van der Waals surface area contributed by atoms with E-state index in [1.54, 1.807) is 12.2 Å². The highest BCUT2D eigenvalue weighted by Gasteiger charge is 2.70. The molecule has 0 radical (unpaired) electrons. The first-order valence-electron chi connectivity index (χ1n) is 10.8. The van der Waals surface area contributed by atoms with Gasteiger partial charge in [-0.05, 0) is 62.5 Å². The molecule has 0 bridgehead atoms. The predicted octanol–water partition coefficient (Wildman–Crippen LogP) is 3.40. The fourth-order valence-electron chi connectivity index (χ4n) is 7.80. The molecule has 29 heavy (non-hydrogen) atoms. The van der Waals surface area contributed by atoms with Crippen molar-refractivity contribution in [3.05, 3.63) is 23.8 Å². The van der Waals surface area contributed by atoms with Crippen molar-refractivity contribution in [2.75, 3.05) is 0 Å². The van der Waals surface area contributed by atoms with Crippen molar-refractivity contribution in [3.8, 4) is 0 Å². The number of Topliss-reactive ketones (excluding diaryl/α,β-unsaturated/α-hetero) is 1. The SMILES string of the molecule is CC(=O)O[C@@]1(C(C)=O)CC[C@H]2[C@@H]3C[C@H](C)C4=CC(=O)C=C[C@]4(C)[C@H]3[C@@H](O)C[C@@]21C. The van der Waals surface area contributed by atoms with Gasteiger partial charge in [0.05, 0.1) is 6.10 Å². The predicted molar refractivity (Wildman–Crippen MR) is 108 cm³/mol. The molecule has 0 aromatic heterocycles. The monoisotopic (exact) mass is 400 g/mol. The number of ether oxygens (including phenoxy) is 1. The minimum absolute atomic E-state index is 0.00698. The number of aliphatic hydroxyl groups excluding tert-OH is 1. The molecule has 4 rings (SSSR count). The average Bonchev–Trinajstić information content (AvgIpc) is 2.89. The smallest absolute Gasteiger partial charge is 0.303 e. The minimum atomic E-state index is -1.16. The number of rotatable bonds is 2. The molecule has 8 atom stereocenters.